The highest BCUT2D eigenvalue weighted by Gasteiger charge is 2.21. The summed E-state index contributed by atoms with van der Waals surface area (Å²) in [5.41, 5.74) is 7.10. The van der Waals surface area contributed by atoms with Crippen molar-refractivity contribution in [3.63, 3.8) is 0 Å². The fourth-order valence-electron chi connectivity index (χ4n) is 1.84. The topological polar surface area (TPSA) is 53.7 Å². The smallest absolute Gasteiger partial charge is 0.231 e. The number of hydrogen-bond acceptors (Lipinski definition) is 4. The highest BCUT2D eigenvalue weighted by atomic mass is 16.7. The van der Waals surface area contributed by atoms with E-state index >= 15 is 0 Å². The normalized spacial score (nSPS) is 14.9. The molecule has 0 amide bonds. The molecule has 4 heteroatoms. The van der Waals surface area contributed by atoms with Gasteiger partial charge in [-0.15, -0.1) is 0 Å². The summed E-state index contributed by atoms with van der Waals surface area (Å²) >= 11 is 0. The third-order valence-corrected chi connectivity index (χ3v) is 2.71. The Labute approximate surface area is 95.3 Å². The summed E-state index contributed by atoms with van der Waals surface area (Å²) in [6.07, 6.45) is 2.00. The average molecular weight is 223 g/mol. The van der Waals surface area contributed by atoms with Crippen LogP contribution in [0, 0.1) is 0 Å². The zero-order valence-electron chi connectivity index (χ0n) is 9.66. The summed E-state index contributed by atoms with van der Waals surface area (Å²) in [7, 11) is 1.62. The molecule has 0 unspecified atom stereocenters. The Balaban J connectivity index is 2.34. The minimum atomic E-state index is 0.0217. The van der Waals surface area contributed by atoms with Gasteiger partial charge >= 0.3 is 0 Å². The molecule has 16 heavy (non-hydrogen) atoms. The maximum absolute atomic E-state index is 6.07. The van der Waals surface area contributed by atoms with E-state index in [1.807, 2.05) is 12.1 Å². The van der Waals surface area contributed by atoms with Crippen LogP contribution in [-0.2, 0) is 0 Å². The van der Waals surface area contributed by atoms with Crippen LogP contribution in [0.3, 0.4) is 0 Å². The molecular weight excluding hydrogens is 206 g/mol. The Bertz CT molecular complexity index is 379. The van der Waals surface area contributed by atoms with Crippen LogP contribution in [0.2, 0.25) is 0 Å². The summed E-state index contributed by atoms with van der Waals surface area (Å²) in [6.45, 7) is 2.36. The quantitative estimate of drug-likeness (QED) is 0.850. The third kappa shape index (κ3) is 1.93. The zero-order valence-corrected chi connectivity index (χ0v) is 9.66. The average Bonchev–Trinajstić information content (AvgIpc) is 2.75. The lowest BCUT2D eigenvalue weighted by Crippen LogP contribution is -2.09. The highest BCUT2D eigenvalue weighted by Crippen LogP contribution is 2.43. The van der Waals surface area contributed by atoms with Crippen LogP contribution in [0.15, 0.2) is 12.1 Å². The summed E-state index contributed by atoms with van der Waals surface area (Å²) in [4.78, 5) is 0. The van der Waals surface area contributed by atoms with Gasteiger partial charge in [0.2, 0.25) is 12.5 Å². The van der Waals surface area contributed by atoms with Crippen molar-refractivity contribution >= 4 is 0 Å². The van der Waals surface area contributed by atoms with Crippen molar-refractivity contribution in [2.45, 2.75) is 25.8 Å². The van der Waals surface area contributed by atoms with Crippen molar-refractivity contribution in [3.8, 4) is 17.2 Å². The first-order chi connectivity index (χ1) is 7.76. The Morgan fingerprint density at radius 1 is 1.44 bits per heavy atom. The monoisotopic (exact) mass is 223 g/mol. The molecule has 1 aromatic carbocycles. The molecule has 0 fully saturated rings. The molecule has 0 saturated carbocycles. The number of fused-ring (bicyclic) bond motifs is 1. The fourth-order valence-corrected chi connectivity index (χ4v) is 1.84. The second-order valence-electron chi connectivity index (χ2n) is 3.85. The number of benzene rings is 1. The molecule has 1 aliphatic rings. The molecule has 0 spiro atoms. The number of ether oxygens (including phenoxy) is 3. The van der Waals surface area contributed by atoms with Gasteiger partial charge in [-0.2, -0.15) is 0 Å². The Morgan fingerprint density at radius 2 is 2.25 bits per heavy atom. The minimum Gasteiger partial charge on any atom is -0.493 e. The Kier molecular flexibility index (Phi) is 3.19. The summed E-state index contributed by atoms with van der Waals surface area (Å²) in [5.74, 6) is 2.09. The van der Waals surface area contributed by atoms with Gasteiger partial charge in [0.05, 0.1) is 7.11 Å². The van der Waals surface area contributed by atoms with Crippen LogP contribution < -0.4 is 19.9 Å². The molecule has 1 atom stereocenters. The van der Waals surface area contributed by atoms with Gasteiger partial charge in [0.25, 0.3) is 0 Å². The van der Waals surface area contributed by atoms with Crippen LogP contribution in [0.4, 0.5) is 0 Å². The van der Waals surface area contributed by atoms with Gasteiger partial charge in [-0.25, -0.2) is 0 Å². The van der Waals surface area contributed by atoms with Gasteiger partial charge in [0, 0.05) is 6.04 Å². The Morgan fingerprint density at radius 3 is 2.94 bits per heavy atom. The van der Waals surface area contributed by atoms with Crippen molar-refractivity contribution in [1.82, 2.24) is 0 Å². The number of nitrogens with two attached hydrogens (primary N) is 1. The van der Waals surface area contributed by atoms with E-state index < -0.39 is 0 Å². The van der Waals surface area contributed by atoms with Crippen LogP contribution >= 0.6 is 0 Å². The Hall–Kier alpha value is -1.42. The number of rotatable bonds is 4. The molecule has 1 heterocycles. The standard InChI is InChI=1S/C12H17NO3/c1-3-4-9(13)8-5-10(14-2)12-11(6-8)15-7-16-12/h5-6,9H,3-4,7,13H2,1-2H3/t9-/m0/s1. The van der Waals surface area contributed by atoms with Gasteiger partial charge in [-0.3, -0.25) is 0 Å². The van der Waals surface area contributed by atoms with Crippen LogP contribution in [-0.4, -0.2) is 13.9 Å². The molecule has 0 aromatic heterocycles. The van der Waals surface area contributed by atoms with E-state index in [-0.39, 0.29) is 12.8 Å². The molecular formula is C12H17NO3. The lowest BCUT2D eigenvalue weighted by atomic mass is 10.0. The first kappa shape index (κ1) is 11.1. The summed E-state index contributed by atoms with van der Waals surface area (Å²) in [5, 5.41) is 0. The molecule has 0 radical (unpaired) electrons. The van der Waals surface area contributed by atoms with Crippen molar-refractivity contribution in [1.29, 1.82) is 0 Å². The predicted octanol–water partition coefficient (Wildman–Crippen LogP) is 2.22. The van der Waals surface area contributed by atoms with E-state index in [9.17, 15) is 0 Å². The molecule has 1 aliphatic heterocycles. The lowest BCUT2D eigenvalue weighted by molar-refractivity contribution is 0.171. The second-order valence-corrected chi connectivity index (χ2v) is 3.85. The molecule has 1 aromatic rings. The molecule has 0 bridgehead atoms. The van der Waals surface area contributed by atoms with E-state index in [1.54, 1.807) is 7.11 Å². The fraction of sp³-hybridized carbons (Fsp3) is 0.500. The van der Waals surface area contributed by atoms with Crippen molar-refractivity contribution in [2.24, 2.45) is 5.73 Å². The number of methoxy groups -OCH3 is 1. The van der Waals surface area contributed by atoms with E-state index in [2.05, 4.69) is 6.92 Å². The van der Waals surface area contributed by atoms with Crippen molar-refractivity contribution < 1.29 is 14.2 Å². The molecule has 88 valence electrons. The third-order valence-electron chi connectivity index (χ3n) is 2.71. The maximum Gasteiger partial charge on any atom is 0.231 e. The molecule has 0 aliphatic carbocycles. The SMILES string of the molecule is CCC[C@H](N)c1cc(OC)c2c(c1)OCO2. The van der Waals surface area contributed by atoms with Gasteiger partial charge in [0.15, 0.2) is 11.5 Å². The predicted molar refractivity (Wildman–Crippen MR) is 61.0 cm³/mol. The largest absolute Gasteiger partial charge is 0.493 e. The van der Waals surface area contributed by atoms with Gasteiger partial charge < -0.3 is 19.9 Å². The summed E-state index contributed by atoms with van der Waals surface area (Å²) < 4.78 is 15.9. The summed E-state index contributed by atoms with van der Waals surface area (Å²) in [6, 6.07) is 3.88. The van der Waals surface area contributed by atoms with Crippen LogP contribution in [0.25, 0.3) is 0 Å². The van der Waals surface area contributed by atoms with E-state index in [0.717, 1.165) is 24.2 Å². The minimum absolute atomic E-state index is 0.0217. The zero-order chi connectivity index (χ0) is 11.5. The molecule has 2 rings (SSSR count). The van der Waals surface area contributed by atoms with E-state index in [1.165, 1.54) is 0 Å². The van der Waals surface area contributed by atoms with E-state index in [4.69, 9.17) is 19.9 Å². The first-order valence-corrected chi connectivity index (χ1v) is 5.49. The lowest BCUT2D eigenvalue weighted by Gasteiger charge is -2.13. The van der Waals surface area contributed by atoms with Crippen molar-refractivity contribution in [2.75, 3.05) is 13.9 Å². The van der Waals surface area contributed by atoms with Gasteiger partial charge in [0.1, 0.15) is 0 Å². The molecule has 2 N–H and O–H groups in total. The first-order valence-electron chi connectivity index (χ1n) is 5.49. The van der Waals surface area contributed by atoms with Crippen LogP contribution in [0.5, 0.6) is 17.2 Å². The molecule has 4 nitrogen and oxygen atoms in total. The van der Waals surface area contributed by atoms with Crippen molar-refractivity contribution in [3.05, 3.63) is 17.7 Å². The number of hydrogen-bond donors (Lipinski definition) is 1. The van der Waals surface area contributed by atoms with Gasteiger partial charge in [-0.1, -0.05) is 13.3 Å². The second kappa shape index (κ2) is 4.61. The molecule has 0 saturated heterocycles. The highest BCUT2D eigenvalue weighted by molar-refractivity contribution is 5.55. The van der Waals surface area contributed by atoms with E-state index in [0.29, 0.717) is 11.5 Å². The maximum atomic E-state index is 6.07. The van der Waals surface area contributed by atoms with Crippen LogP contribution in [0.1, 0.15) is 31.4 Å². The van der Waals surface area contributed by atoms with Gasteiger partial charge in [-0.05, 0) is 24.1 Å².